The molecule has 0 radical (unpaired) electrons. The number of hydrogen-bond donors (Lipinski definition) is 1. The standard InChI is InChI=1S/C26H23FN2O5/c1-32-20-10-11-21(25(13-20)34-16-26(30)31)22-14-23(17-7-5-8-19(27)12-17)29(28-22)15-18-6-3-4-9-24(18)33-2/h3-14H,15-16H2,1-2H3,(H,30,31). The van der Waals surface area contributed by atoms with Crippen molar-refractivity contribution in [3.63, 3.8) is 0 Å². The Labute approximate surface area is 195 Å². The van der Waals surface area contributed by atoms with E-state index in [1.54, 1.807) is 42.1 Å². The Morgan fingerprint density at radius 3 is 2.53 bits per heavy atom. The van der Waals surface area contributed by atoms with Crippen LogP contribution in [-0.2, 0) is 11.3 Å². The maximum Gasteiger partial charge on any atom is 0.341 e. The number of ether oxygens (including phenoxy) is 3. The zero-order valence-corrected chi connectivity index (χ0v) is 18.7. The van der Waals surface area contributed by atoms with Gasteiger partial charge in [-0.1, -0.05) is 30.3 Å². The van der Waals surface area contributed by atoms with Crippen molar-refractivity contribution in [2.45, 2.75) is 6.54 Å². The van der Waals surface area contributed by atoms with Crippen molar-refractivity contribution in [1.82, 2.24) is 9.78 Å². The van der Waals surface area contributed by atoms with Crippen LogP contribution >= 0.6 is 0 Å². The fraction of sp³-hybridized carbons (Fsp3) is 0.154. The number of methoxy groups -OCH3 is 2. The van der Waals surface area contributed by atoms with Gasteiger partial charge in [-0.2, -0.15) is 5.10 Å². The molecule has 0 fully saturated rings. The van der Waals surface area contributed by atoms with Gasteiger partial charge in [0.25, 0.3) is 0 Å². The van der Waals surface area contributed by atoms with Crippen molar-refractivity contribution in [2.75, 3.05) is 20.8 Å². The highest BCUT2D eigenvalue weighted by molar-refractivity contribution is 5.75. The smallest absolute Gasteiger partial charge is 0.341 e. The van der Waals surface area contributed by atoms with Crippen molar-refractivity contribution < 1.29 is 28.5 Å². The molecule has 0 amide bonds. The lowest BCUT2D eigenvalue weighted by atomic mass is 10.1. The Morgan fingerprint density at radius 2 is 1.79 bits per heavy atom. The van der Waals surface area contributed by atoms with Crippen LogP contribution < -0.4 is 14.2 Å². The molecule has 0 atom stereocenters. The second-order valence-electron chi connectivity index (χ2n) is 7.44. The molecule has 4 rings (SSSR count). The molecule has 4 aromatic rings. The van der Waals surface area contributed by atoms with Crippen molar-refractivity contribution in [2.24, 2.45) is 0 Å². The summed E-state index contributed by atoms with van der Waals surface area (Å²) in [6.07, 6.45) is 0. The summed E-state index contributed by atoms with van der Waals surface area (Å²) in [6, 6.07) is 20.8. The predicted molar refractivity (Wildman–Crippen MR) is 125 cm³/mol. The van der Waals surface area contributed by atoms with Crippen LogP contribution in [0, 0.1) is 5.82 Å². The number of carboxylic acids is 1. The zero-order valence-electron chi connectivity index (χ0n) is 18.7. The van der Waals surface area contributed by atoms with Gasteiger partial charge in [0.2, 0.25) is 0 Å². The number of rotatable bonds is 9. The molecule has 1 N–H and O–H groups in total. The first-order chi connectivity index (χ1) is 16.5. The first-order valence-corrected chi connectivity index (χ1v) is 10.5. The Balaban J connectivity index is 1.83. The highest BCUT2D eigenvalue weighted by atomic mass is 19.1. The number of aromatic nitrogens is 2. The predicted octanol–water partition coefficient (Wildman–Crippen LogP) is 4.89. The molecule has 8 heteroatoms. The van der Waals surface area contributed by atoms with E-state index in [1.807, 2.05) is 30.3 Å². The summed E-state index contributed by atoms with van der Waals surface area (Å²) in [6.45, 7) is -0.143. The largest absolute Gasteiger partial charge is 0.497 e. The van der Waals surface area contributed by atoms with E-state index in [0.29, 0.717) is 46.3 Å². The van der Waals surface area contributed by atoms with Gasteiger partial charge in [-0.3, -0.25) is 4.68 Å². The van der Waals surface area contributed by atoms with E-state index in [-0.39, 0.29) is 5.82 Å². The average Bonchev–Trinajstić information content (AvgIpc) is 3.26. The number of aliphatic carboxylic acids is 1. The molecule has 0 spiro atoms. The van der Waals surface area contributed by atoms with Crippen LogP contribution in [0.15, 0.2) is 72.8 Å². The molecule has 0 unspecified atom stereocenters. The quantitative estimate of drug-likeness (QED) is 0.382. The fourth-order valence-electron chi connectivity index (χ4n) is 3.64. The number of hydrogen-bond acceptors (Lipinski definition) is 5. The van der Waals surface area contributed by atoms with Gasteiger partial charge in [0.1, 0.15) is 23.1 Å². The van der Waals surface area contributed by atoms with Gasteiger partial charge in [-0.15, -0.1) is 0 Å². The molecular formula is C26H23FN2O5. The SMILES string of the molecule is COc1ccc(-c2cc(-c3cccc(F)c3)n(Cc3ccccc3OC)n2)c(OCC(=O)O)c1. The first kappa shape index (κ1) is 22.8. The molecule has 0 bridgehead atoms. The number of nitrogens with zero attached hydrogens (tertiary/aromatic N) is 2. The molecule has 0 saturated heterocycles. The minimum Gasteiger partial charge on any atom is -0.497 e. The van der Waals surface area contributed by atoms with E-state index in [2.05, 4.69) is 0 Å². The van der Waals surface area contributed by atoms with Crippen LogP contribution in [0.2, 0.25) is 0 Å². The van der Waals surface area contributed by atoms with Gasteiger partial charge >= 0.3 is 5.97 Å². The van der Waals surface area contributed by atoms with Gasteiger partial charge in [0.15, 0.2) is 6.61 Å². The number of halogens is 1. The fourth-order valence-corrected chi connectivity index (χ4v) is 3.64. The lowest BCUT2D eigenvalue weighted by molar-refractivity contribution is -0.139. The second-order valence-corrected chi connectivity index (χ2v) is 7.44. The minimum absolute atomic E-state index is 0.314. The van der Waals surface area contributed by atoms with Gasteiger partial charge in [-0.05, 0) is 36.4 Å². The highest BCUT2D eigenvalue weighted by Gasteiger charge is 2.18. The van der Waals surface area contributed by atoms with Crippen molar-refractivity contribution in [3.8, 4) is 39.8 Å². The van der Waals surface area contributed by atoms with Crippen molar-refractivity contribution >= 4 is 5.97 Å². The van der Waals surface area contributed by atoms with Crippen LogP contribution in [0.3, 0.4) is 0 Å². The molecule has 0 saturated carbocycles. The van der Waals surface area contributed by atoms with Crippen LogP contribution in [0.5, 0.6) is 17.2 Å². The maximum atomic E-state index is 14.0. The summed E-state index contributed by atoms with van der Waals surface area (Å²) < 4.78 is 32.1. The topological polar surface area (TPSA) is 82.8 Å². The molecule has 7 nitrogen and oxygen atoms in total. The summed E-state index contributed by atoms with van der Waals surface area (Å²) in [5, 5.41) is 13.8. The van der Waals surface area contributed by atoms with Gasteiger partial charge in [-0.25, -0.2) is 9.18 Å². The highest BCUT2D eigenvalue weighted by Crippen LogP contribution is 2.35. The third kappa shape index (κ3) is 5.01. The van der Waals surface area contributed by atoms with Gasteiger partial charge in [0, 0.05) is 22.8 Å². The molecule has 1 heterocycles. The number of para-hydroxylation sites is 1. The van der Waals surface area contributed by atoms with Crippen molar-refractivity contribution in [3.05, 3.63) is 84.2 Å². The zero-order chi connectivity index (χ0) is 24.1. The summed E-state index contributed by atoms with van der Waals surface area (Å²) in [5.74, 6) is 0.0760. The molecule has 0 aliphatic heterocycles. The minimum atomic E-state index is -1.10. The number of carboxylic acid groups (broad SMARTS) is 1. The maximum absolute atomic E-state index is 14.0. The van der Waals surface area contributed by atoms with Crippen LogP contribution in [0.1, 0.15) is 5.56 Å². The Kier molecular flexibility index (Phi) is 6.77. The Hall–Kier alpha value is -4.33. The normalized spacial score (nSPS) is 10.7. The molecule has 34 heavy (non-hydrogen) atoms. The van der Waals surface area contributed by atoms with E-state index in [9.17, 15) is 9.18 Å². The van der Waals surface area contributed by atoms with Crippen LogP contribution in [-0.4, -0.2) is 41.7 Å². The molecular weight excluding hydrogens is 439 g/mol. The number of carbonyl (C=O) groups is 1. The number of benzene rings is 3. The lowest BCUT2D eigenvalue weighted by Gasteiger charge is -2.11. The molecule has 0 aliphatic rings. The average molecular weight is 462 g/mol. The van der Waals surface area contributed by atoms with E-state index < -0.39 is 12.6 Å². The van der Waals surface area contributed by atoms with E-state index >= 15 is 0 Å². The molecule has 1 aromatic heterocycles. The van der Waals surface area contributed by atoms with E-state index in [0.717, 1.165) is 5.56 Å². The van der Waals surface area contributed by atoms with E-state index in [4.69, 9.17) is 24.4 Å². The third-order valence-electron chi connectivity index (χ3n) is 5.23. The molecule has 3 aromatic carbocycles. The molecule has 174 valence electrons. The Morgan fingerprint density at radius 1 is 0.971 bits per heavy atom. The summed E-state index contributed by atoms with van der Waals surface area (Å²) >= 11 is 0. The van der Waals surface area contributed by atoms with E-state index in [1.165, 1.54) is 19.2 Å². The summed E-state index contributed by atoms with van der Waals surface area (Å²) in [5.41, 5.74) is 3.35. The van der Waals surface area contributed by atoms with Crippen LogP contribution in [0.25, 0.3) is 22.5 Å². The monoisotopic (exact) mass is 462 g/mol. The summed E-state index contributed by atoms with van der Waals surface area (Å²) in [4.78, 5) is 11.1. The lowest BCUT2D eigenvalue weighted by Crippen LogP contribution is -2.10. The molecule has 0 aliphatic carbocycles. The Bertz CT molecular complexity index is 1320. The summed E-state index contributed by atoms with van der Waals surface area (Å²) in [7, 11) is 3.12. The van der Waals surface area contributed by atoms with Crippen LogP contribution in [0.4, 0.5) is 4.39 Å². The third-order valence-corrected chi connectivity index (χ3v) is 5.23. The van der Waals surface area contributed by atoms with Gasteiger partial charge < -0.3 is 19.3 Å². The first-order valence-electron chi connectivity index (χ1n) is 10.5. The van der Waals surface area contributed by atoms with Gasteiger partial charge in [0.05, 0.1) is 32.2 Å². The second kappa shape index (κ2) is 10.1. The van der Waals surface area contributed by atoms with Crippen molar-refractivity contribution in [1.29, 1.82) is 0 Å².